The van der Waals surface area contributed by atoms with Gasteiger partial charge in [0.25, 0.3) is 0 Å². The van der Waals surface area contributed by atoms with E-state index in [9.17, 15) is 0 Å². The zero-order valence-electron chi connectivity index (χ0n) is 20.8. The van der Waals surface area contributed by atoms with Crippen molar-refractivity contribution in [3.05, 3.63) is 74.4 Å². The highest BCUT2D eigenvalue weighted by Crippen LogP contribution is 2.29. The summed E-state index contributed by atoms with van der Waals surface area (Å²) in [7, 11) is 0. The van der Waals surface area contributed by atoms with Gasteiger partial charge in [0, 0.05) is 16.0 Å². The summed E-state index contributed by atoms with van der Waals surface area (Å²) in [6, 6.07) is 18.0. The fourth-order valence-corrected chi connectivity index (χ4v) is 3.95. The van der Waals surface area contributed by atoms with E-state index >= 15 is 0 Å². The average molecular weight is 466 g/mol. The normalized spacial score (nSPS) is 11.2. The standard InChI is InChI=1S/C11H13N.C9H11NS.C7H11NS/c1-11(2,3)10-6-4-5-9(7-10)8-12;1-9(2,3)8-5-4-7(6-10)11-8;1-7(2,3)6-4-5-8-9-6/h4-7H,1-3H3;4-5H,1-3H3;4-5H,1-3H3. The number of nitrogens with zero attached hydrogens (tertiary/aromatic N) is 3. The number of thiophene rings is 1. The van der Waals surface area contributed by atoms with Crippen molar-refractivity contribution in [1.29, 1.82) is 10.5 Å². The van der Waals surface area contributed by atoms with Crippen LogP contribution in [-0.2, 0) is 16.2 Å². The summed E-state index contributed by atoms with van der Waals surface area (Å²) in [5, 5.41) is 17.3. The molecule has 32 heavy (non-hydrogen) atoms. The van der Waals surface area contributed by atoms with Crippen molar-refractivity contribution in [3.8, 4) is 12.1 Å². The van der Waals surface area contributed by atoms with Crippen molar-refractivity contribution in [2.24, 2.45) is 0 Å². The Bertz CT molecular complexity index is 1040. The number of aromatic nitrogens is 1. The van der Waals surface area contributed by atoms with Gasteiger partial charge in [0.2, 0.25) is 0 Å². The minimum Gasteiger partial charge on any atom is -0.201 e. The third-order valence-corrected chi connectivity index (χ3v) is 7.08. The molecular formula is C27H35N3S2. The molecule has 5 heteroatoms. The van der Waals surface area contributed by atoms with Crippen molar-refractivity contribution in [2.45, 2.75) is 78.6 Å². The van der Waals surface area contributed by atoms with Gasteiger partial charge in [0.15, 0.2) is 0 Å². The highest BCUT2D eigenvalue weighted by molar-refractivity contribution is 7.12. The van der Waals surface area contributed by atoms with Gasteiger partial charge < -0.3 is 0 Å². The highest BCUT2D eigenvalue weighted by Gasteiger charge is 2.16. The topological polar surface area (TPSA) is 60.5 Å². The molecular weight excluding hydrogens is 430 g/mol. The van der Waals surface area contributed by atoms with Gasteiger partial charge in [-0.1, -0.05) is 74.4 Å². The van der Waals surface area contributed by atoms with E-state index < -0.39 is 0 Å². The Morgan fingerprint density at radius 3 is 1.69 bits per heavy atom. The van der Waals surface area contributed by atoms with Gasteiger partial charge in [-0.15, -0.1) is 11.3 Å². The van der Waals surface area contributed by atoms with Gasteiger partial charge >= 0.3 is 0 Å². The van der Waals surface area contributed by atoms with Crippen molar-refractivity contribution >= 4 is 22.9 Å². The molecule has 0 aliphatic heterocycles. The Kier molecular flexibility index (Phi) is 9.83. The minimum absolute atomic E-state index is 0.132. The molecule has 0 radical (unpaired) electrons. The summed E-state index contributed by atoms with van der Waals surface area (Å²) in [6.07, 6.45) is 1.85. The third-order valence-electron chi connectivity index (χ3n) is 4.49. The molecule has 0 N–H and O–H groups in total. The molecule has 3 nitrogen and oxygen atoms in total. The molecule has 0 aliphatic carbocycles. The van der Waals surface area contributed by atoms with Crippen LogP contribution in [0.15, 0.2) is 48.7 Å². The lowest BCUT2D eigenvalue weighted by atomic mass is 9.86. The molecule has 0 bridgehead atoms. The molecule has 0 spiro atoms. The van der Waals surface area contributed by atoms with Crippen LogP contribution in [0.5, 0.6) is 0 Å². The fraction of sp³-hybridized carbons (Fsp3) is 0.444. The van der Waals surface area contributed by atoms with E-state index in [0.29, 0.717) is 0 Å². The second-order valence-electron chi connectivity index (χ2n) is 10.6. The van der Waals surface area contributed by atoms with Crippen molar-refractivity contribution in [3.63, 3.8) is 0 Å². The van der Waals surface area contributed by atoms with Gasteiger partial charge in [-0.05, 0) is 63.7 Å². The van der Waals surface area contributed by atoms with Gasteiger partial charge in [-0.3, -0.25) is 0 Å². The van der Waals surface area contributed by atoms with Crippen LogP contribution in [0, 0.1) is 22.7 Å². The first-order chi connectivity index (χ1) is 14.7. The molecule has 0 saturated heterocycles. The quantitative estimate of drug-likeness (QED) is 0.336. The zero-order valence-corrected chi connectivity index (χ0v) is 22.4. The zero-order chi connectivity index (χ0) is 24.6. The first-order valence-electron chi connectivity index (χ1n) is 10.6. The van der Waals surface area contributed by atoms with Gasteiger partial charge in [0.1, 0.15) is 10.9 Å². The number of hydrogen-bond acceptors (Lipinski definition) is 5. The van der Waals surface area contributed by atoms with Crippen LogP contribution < -0.4 is 0 Å². The smallest absolute Gasteiger partial charge is 0.110 e. The van der Waals surface area contributed by atoms with Crippen molar-refractivity contribution < 1.29 is 0 Å². The predicted octanol–water partition coefficient (Wildman–Crippen LogP) is 8.21. The molecule has 170 valence electrons. The maximum atomic E-state index is 8.68. The van der Waals surface area contributed by atoms with Crippen molar-refractivity contribution in [1.82, 2.24) is 4.37 Å². The Labute approximate surface area is 202 Å². The summed E-state index contributed by atoms with van der Waals surface area (Å²) in [5.74, 6) is 0. The van der Waals surface area contributed by atoms with E-state index in [1.54, 1.807) is 22.9 Å². The van der Waals surface area contributed by atoms with Crippen LogP contribution in [-0.4, -0.2) is 4.37 Å². The maximum absolute atomic E-state index is 8.68. The largest absolute Gasteiger partial charge is 0.201 e. The molecule has 2 aromatic heterocycles. The monoisotopic (exact) mass is 465 g/mol. The van der Waals surface area contributed by atoms with Gasteiger partial charge in [-0.25, -0.2) is 4.37 Å². The lowest BCUT2D eigenvalue weighted by Crippen LogP contribution is -2.10. The summed E-state index contributed by atoms with van der Waals surface area (Å²) in [5.41, 5.74) is 2.54. The summed E-state index contributed by atoms with van der Waals surface area (Å²) in [6.45, 7) is 19.5. The van der Waals surface area contributed by atoms with Crippen LogP contribution in [0.2, 0.25) is 0 Å². The molecule has 0 fully saturated rings. The Morgan fingerprint density at radius 1 is 0.719 bits per heavy atom. The molecule has 3 rings (SSSR count). The summed E-state index contributed by atoms with van der Waals surface area (Å²) < 4.78 is 4.03. The van der Waals surface area contributed by atoms with Gasteiger partial charge in [-0.2, -0.15) is 10.5 Å². The molecule has 0 atom stereocenters. The Morgan fingerprint density at radius 2 is 1.34 bits per heavy atom. The molecule has 1 aromatic carbocycles. The Hall–Kier alpha value is -2.47. The van der Waals surface area contributed by atoms with E-state index in [1.165, 1.54) is 15.3 Å². The number of benzene rings is 1. The molecule has 0 unspecified atom stereocenters. The third kappa shape index (κ3) is 9.35. The average Bonchev–Trinajstić information content (AvgIpc) is 3.39. The van der Waals surface area contributed by atoms with Crippen LogP contribution in [0.3, 0.4) is 0 Å². The number of nitriles is 2. The second kappa shape index (κ2) is 11.4. The van der Waals surface area contributed by atoms with E-state index in [-0.39, 0.29) is 16.2 Å². The first-order valence-corrected chi connectivity index (χ1v) is 12.2. The molecule has 0 aliphatic rings. The second-order valence-corrected chi connectivity index (χ2v) is 12.5. The fourth-order valence-electron chi connectivity index (χ4n) is 2.46. The van der Waals surface area contributed by atoms with Crippen LogP contribution >= 0.6 is 22.9 Å². The molecule has 2 heterocycles. The van der Waals surface area contributed by atoms with E-state index in [1.807, 2.05) is 36.5 Å². The lowest BCUT2D eigenvalue weighted by Gasteiger charge is -2.18. The van der Waals surface area contributed by atoms with E-state index in [2.05, 4.69) is 91.0 Å². The SMILES string of the molecule is CC(C)(C)c1ccc(C#N)s1.CC(C)(C)c1cccc(C#N)c1.CC(C)(C)c1ccns1. The first kappa shape index (κ1) is 27.6. The molecule has 0 amide bonds. The van der Waals surface area contributed by atoms with E-state index in [4.69, 9.17) is 10.5 Å². The lowest BCUT2D eigenvalue weighted by molar-refractivity contribution is 0.590. The number of rotatable bonds is 0. The summed E-state index contributed by atoms with van der Waals surface area (Å²) in [4.78, 5) is 3.42. The maximum Gasteiger partial charge on any atom is 0.110 e. The molecule has 3 aromatic rings. The van der Waals surface area contributed by atoms with Crippen LogP contribution in [0.25, 0.3) is 0 Å². The van der Waals surface area contributed by atoms with Crippen LogP contribution in [0.1, 0.15) is 88.1 Å². The Balaban J connectivity index is 0.000000242. The van der Waals surface area contributed by atoms with Crippen LogP contribution in [0.4, 0.5) is 0 Å². The van der Waals surface area contributed by atoms with Crippen molar-refractivity contribution in [2.75, 3.05) is 0 Å². The predicted molar refractivity (Wildman–Crippen MR) is 138 cm³/mol. The van der Waals surface area contributed by atoms with Gasteiger partial charge in [0.05, 0.1) is 11.6 Å². The van der Waals surface area contributed by atoms with E-state index in [0.717, 1.165) is 10.4 Å². The highest BCUT2D eigenvalue weighted by atomic mass is 32.1. The minimum atomic E-state index is 0.132. The summed E-state index contributed by atoms with van der Waals surface area (Å²) >= 11 is 3.16. The molecule has 0 saturated carbocycles. The number of hydrogen-bond donors (Lipinski definition) is 0.